The number of carbonyl (C=O) groups excluding carboxylic acids is 1. The highest BCUT2D eigenvalue weighted by Gasteiger charge is 2.06. The second-order valence-electron chi connectivity index (χ2n) is 5.13. The average Bonchev–Trinajstić information content (AvgIpc) is 2.44. The van der Waals surface area contributed by atoms with Crippen LogP contribution in [0.15, 0.2) is 24.3 Å². The number of hydrogen-bond acceptors (Lipinski definition) is 3. The molecule has 1 aromatic rings. The lowest BCUT2D eigenvalue weighted by Gasteiger charge is -2.12. The summed E-state index contributed by atoms with van der Waals surface area (Å²) in [7, 11) is 0. The Morgan fingerprint density at radius 3 is 2.85 bits per heavy atom. The number of para-hydroxylation sites is 1. The van der Waals surface area contributed by atoms with E-state index in [1.165, 1.54) is 6.42 Å². The first-order chi connectivity index (χ1) is 9.67. The van der Waals surface area contributed by atoms with Crippen molar-refractivity contribution >= 4 is 11.6 Å². The standard InChI is InChI=1S/C16H26N2O2/c1-3-6-13(2)12-20-10-9-16(19)18-15-8-5-4-7-14(15)11-17/h4-5,7-8,13H,3,6,9-12,17H2,1-2H3,(H,18,19). The monoisotopic (exact) mass is 278 g/mol. The van der Waals surface area contributed by atoms with Gasteiger partial charge in [-0.1, -0.05) is 38.5 Å². The molecule has 0 aromatic heterocycles. The maximum absolute atomic E-state index is 11.8. The lowest BCUT2D eigenvalue weighted by molar-refractivity contribution is -0.117. The molecular formula is C16H26N2O2. The summed E-state index contributed by atoms with van der Waals surface area (Å²) in [6.07, 6.45) is 2.70. The molecule has 4 nitrogen and oxygen atoms in total. The van der Waals surface area contributed by atoms with Crippen LogP contribution in [0.2, 0.25) is 0 Å². The molecule has 1 rings (SSSR count). The number of amides is 1. The predicted molar refractivity (Wildman–Crippen MR) is 82.5 cm³/mol. The number of nitrogens with two attached hydrogens (primary N) is 1. The zero-order valence-electron chi connectivity index (χ0n) is 12.5. The number of anilines is 1. The Balaban J connectivity index is 2.27. The molecule has 0 saturated heterocycles. The van der Waals surface area contributed by atoms with Crippen LogP contribution in [0.3, 0.4) is 0 Å². The van der Waals surface area contributed by atoms with Gasteiger partial charge in [-0.2, -0.15) is 0 Å². The van der Waals surface area contributed by atoms with E-state index < -0.39 is 0 Å². The average molecular weight is 278 g/mol. The highest BCUT2D eigenvalue weighted by atomic mass is 16.5. The second-order valence-corrected chi connectivity index (χ2v) is 5.13. The zero-order valence-corrected chi connectivity index (χ0v) is 12.5. The molecule has 1 atom stereocenters. The van der Waals surface area contributed by atoms with Gasteiger partial charge in [-0.05, 0) is 24.0 Å². The van der Waals surface area contributed by atoms with E-state index in [2.05, 4.69) is 19.2 Å². The van der Waals surface area contributed by atoms with Gasteiger partial charge >= 0.3 is 0 Å². The maximum atomic E-state index is 11.8. The molecule has 3 N–H and O–H groups in total. The van der Waals surface area contributed by atoms with Crippen LogP contribution in [0, 0.1) is 5.92 Å². The van der Waals surface area contributed by atoms with E-state index in [-0.39, 0.29) is 5.91 Å². The molecule has 0 radical (unpaired) electrons. The topological polar surface area (TPSA) is 64.3 Å². The van der Waals surface area contributed by atoms with Crippen molar-refractivity contribution in [2.75, 3.05) is 18.5 Å². The summed E-state index contributed by atoms with van der Waals surface area (Å²) in [4.78, 5) is 11.8. The normalized spacial score (nSPS) is 12.2. The van der Waals surface area contributed by atoms with E-state index in [4.69, 9.17) is 10.5 Å². The lowest BCUT2D eigenvalue weighted by Crippen LogP contribution is -2.17. The van der Waals surface area contributed by atoms with E-state index in [0.717, 1.165) is 24.3 Å². The third-order valence-electron chi connectivity index (χ3n) is 3.17. The first kappa shape index (κ1) is 16.7. The summed E-state index contributed by atoms with van der Waals surface area (Å²) < 4.78 is 5.53. The molecule has 0 bridgehead atoms. The van der Waals surface area contributed by atoms with Crippen molar-refractivity contribution in [1.82, 2.24) is 0 Å². The molecule has 0 fully saturated rings. The van der Waals surface area contributed by atoms with E-state index in [9.17, 15) is 4.79 Å². The van der Waals surface area contributed by atoms with Gasteiger partial charge in [0.15, 0.2) is 0 Å². The summed E-state index contributed by atoms with van der Waals surface area (Å²) in [5.74, 6) is 0.523. The molecule has 1 aromatic carbocycles. The van der Waals surface area contributed by atoms with Crippen LogP contribution in [0.25, 0.3) is 0 Å². The van der Waals surface area contributed by atoms with Crippen LogP contribution in [0.5, 0.6) is 0 Å². The number of ether oxygens (including phenoxy) is 1. The predicted octanol–water partition coefficient (Wildman–Crippen LogP) is 2.93. The van der Waals surface area contributed by atoms with Gasteiger partial charge in [-0.25, -0.2) is 0 Å². The quantitative estimate of drug-likeness (QED) is 0.683. The van der Waals surface area contributed by atoms with Crippen LogP contribution in [-0.2, 0) is 16.1 Å². The Bertz CT molecular complexity index is 407. The first-order valence-corrected chi connectivity index (χ1v) is 7.33. The molecule has 0 aliphatic heterocycles. The van der Waals surface area contributed by atoms with Gasteiger partial charge in [0.1, 0.15) is 0 Å². The van der Waals surface area contributed by atoms with Crippen LogP contribution < -0.4 is 11.1 Å². The molecular weight excluding hydrogens is 252 g/mol. The number of hydrogen-bond donors (Lipinski definition) is 2. The summed E-state index contributed by atoms with van der Waals surface area (Å²) in [6, 6.07) is 7.58. The van der Waals surface area contributed by atoms with Crippen molar-refractivity contribution in [3.8, 4) is 0 Å². The molecule has 4 heteroatoms. The van der Waals surface area contributed by atoms with E-state index in [1.54, 1.807) is 0 Å². The Morgan fingerprint density at radius 2 is 2.15 bits per heavy atom. The summed E-state index contributed by atoms with van der Waals surface area (Å²) in [6.45, 7) is 5.94. The van der Waals surface area contributed by atoms with E-state index >= 15 is 0 Å². The van der Waals surface area contributed by atoms with Gasteiger partial charge in [-0.3, -0.25) is 4.79 Å². The third-order valence-corrected chi connectivity index (χ3v) is 3.17. The minimum atomic E-state index is -0.0333. The third kappa shape index (κ3) is 6.17. The van der Waals surface area contributed by atoms with Gasteiger partial charge in [0.05, 0.1) is 13.0 Å². The molecule has 0 heterocycles. The van der Waals surface area contributed by atoms with Crippen LogP contribution in [0.4, 0.5) is 5.69 Å². The molecule has 0 saturated carbocycles. The van der Waals surface area contributed by atoms with Gasteiger partial charge in [0, 0.05) is 18.8 Å². The molecule has 0 aliphatic rings. The lowest BCUT2D eigenvalue weighted by atomic mass is 10.1. The Labute approximate surface area is 121 Å². The number of nitrogens with one attached hydrogen (secondary N) is 1. The Morgan fingerprint density at radius 1 is 1.40 bits per heavy atom. The molecule has 1 unspecified atom stereocenters. The van der Waals surface area contributed by atoms with Crippen molar-refractivity contribution < 1.29 is 9.53 Å². The fourth-order valence-corrected chi connectivity index (χ4v) is 2.06. The second kappa shape index (κ2) is 9.50. The fraction of sp³-hybridized carbons (Fsp3) is 0.562. The van der Waals surface area contributed by atoms with Gasteiger partial charge in [-0.15, -0.1) is 0 Å². The van der Waals surface area contributed by atoms with E-state index in [0.29, 0.717) is 25.5 Å². The van der Waals surface area contributed by atoms with Gasteiger partial charge < -0.3 is 15.8 Å². The number of rotatable bonds is 9. The van der Waals surface area contributed by atoms with Crippen molar-refractivity contribution in [1.29, 1.82) is 0 Å². The first-order valence-electron chi connectivity index (χ1n) is 7.33. The highest BCUT2D eigenvalue weighted by molar-refractivity contribution is 5.91. The molecule has 112 valence electrons. The maximum Gasteiger partial charge on any atom is 0.226 e. The summed E-state index contributed by atoms with van der Waals surface area (Å²) >= 11 is 0. The van der Waals surface area contributed by atoms with Crippen LogP contribution in [0.1, 0.15) is 38.7 Å². The van der Waals surface area contributed by atoms with Gasteiger partial charge in [0.25, 0.3) is 0 Å². The summed E-state index contributed by atoms with van der Waals surface area (Å²) in [5, 5.41) is 2.88. The van der Waals surface area contributed by atoms with Crippen molar-refractivity contribution in [2.24, 2.45) is 11.7 Å². The number of carbonyl (C=O) groups is 1. The summed E-state index contributed by atoms with van der Waals surface area (Å²) in [5.41, 5.74) is 7.37. The zero-order chi connectivity index (χ0) is 14.8. The SMILES string of the molecule is CCCC(C)COCCC(=O)Nc1ccccc1CN. The van der Waals surface area contributed by atoms with Crippen LogP contribution >= 0.6 is 0 Å². The fourth-order valence-electron chi connectivity index (χ4n) is 2.06. The number of benzene rings is 1. The molecule has 0 aliphatic carbocycles. The minimum absolute atomic E-state index is 0.0333. The smallest absolute Gasteiger partial charge is 0.226 e. The highest BCUT2D eigenvalue weighted by Crippen LogP contribution is 2.14. The van der Waals surface area contributed by atoms with Crippen molar-refractivity contribution in [3.05, 3.63) is 29.8 Å². The molecule has 1 amide bonds. The molecule has 0 spiro atoms. The molecule has 20 heavy (non-hydrogen) atoms. The minimum Gasteiger partial charge on any atom is -0.381 e. The Kier molecular flexibility index (Phi) is 7.92. The largest absolute Gasteiger partial charge is 0.381 e. The van der Waals surface area contributed by atoms with Crippen molar-refractivity contribution in [2.45, 2.75) is 39.7 Å². The van der Waals surface area contributed by atoms with E-state index in [1.807, 2.05) is 24.3 Å². The van der Waals surface area contributed by atoms with Crippen LogP contribution in [-0.4, -0.2) is 19.1 Å². The van der Waals surface area contributed by atoms with Crippen molar-refractivity contribution in [3.63, 3.8) is 0 Å². The Hall–Kier alpha value is -1.39. The van der Waals surface area contributed by atoms with Gasteiger partial charge in [0.2, 0.25) is 5.91 Å².